The van der Waals surface area contributed by atoms with Gasteiger partial charge in [-0.3, -0.25) is 4.98 Å². The Bertz CT molecular complexity index is 962. The predicted octanol–water partition coefficient (Wildman–Crippen LogP) is 1.44. The van der Waals surface area contributed by atoms with Crippen molar-refractivity contribution in [1.29, 1.82) is 0 Å². The second-order valence-corrected chi connectivity index (χ2v) is 7.12. The van der Waals surface area contributed by atoms with Crippen LogP contribution in [-0.4, -0.2) is 54.4 Å². The maximum absolute atomic E-state index is 6.64. The number of hydrogen-bond donors (Lipinski definition) is 2. The van der Waals surface area contributed by atoms with E-state index in [-0.39, 0.29) is 6.04 Å². The van der Waals surface area contributed by atoms with Crippen LogP contribution in [0, 0.1) is 0 Å². The summed E-state index contributed by atoms with van der Waals surface area (Å²) in [7, 11) is 1.60. The van der Waals surface area contributed by atoms with Crippen LogP contribution in [0.3, 0.4) is 0 Å². The lowest BCUT2D eigenvalue weighted by Gasteiger charge is -2.28. The van der Waals surface area contributed by atoms with Crippen LogP contribution in [0.4, 0.5) is 5.95 Å². The fourth-order valence-corrected chi connectivity index (χ4v) is 3.59. The molecule has 1 fully saturated rings. The maximum atomic E-state index is 6.64. The highest BCUT2D eigenvalue weighted by Gasteiger charge is 2.25. The van der Waals surface area contributed by atoms with Crippen molar-refractivity contribution < 1.29 is 9.47 Å². The van der Waals surface area contributed by atoms with E-state index >= 15 is 0 Å². The van der Waals surface area contributed by atoms with Crippen LogP contribution >= 0.6 is 0 Å². The molecule has 152 valence electrons. The van der Waals surface area contributed by atoms with Crippen LogP contribution in [0.5, 0.6) is 5.75 Å². The minimum Gasteiger partial charge on any atom is -0.494 e. The molecule has 2 atom stereocenters. The molecule has 0 saturated carbocycles. The van der Waals surface area contributed by atoms with Crippen molar-refractivity contribution in [3.05, 3.63) is 54.0 Å². The average Bonchev–Trinajstić information content (AvgIpc) is 2.78. The number of aromatic nitrogens is 3. The lowest BCUT2D eigenvalue weighted by atomic mass is 9.96. The quantitative estimate of drug-likeness (QED) is 0.646. The van der Waals surface area contributed by atoms with Gasteiger partial charge in [0.15, 0.2) is 0 Å². The van der Waals surface area contributed by atoms with Gasteiger partial charge in [-0.1, -0.05) is 30.3 Å². The third-order valence-corrected chi connectivity index (χ3v) is 5.19. The Morgan fingerprint density at radius 3 is 2.59 bits per heavy atom. The Kier molecular flexibility index (Phi) is 5.84. The van der Waals surface area contributed by atoms with E-state index in [0.717, 1.165) is 24.0 Å². The number of morpholine rings is 1. The largest absolute Gasteiger partial charge is 0.494 e. The van der Waals surface area contributed by atoms with Gasteiger partial charge in [0.05, 0.1) is 55.4 Å². The number of pyridine rings is 1. The van der Waals surface area contributed by atoms with Gasteiger partial charge in [0, 0.05) is 19.1 Å². The van der Waals surface area contributed by atoms with Gasteiger partial charge in [-0.25, -0.2) is 9.97 Å². The molecule has 3 aromatic rings. The molecular weight excluding hydrogens is 368 g/mol. The van der Waals surface area contributed by atoms with Crippen LogP contribution in [0.1, 0.15) is 17.3 Å². The first-order valence-corrected chi connectivity index (χ1v) is 9.75. The third kappa shape index (κ3) is 4.14. The molecule has 2 unspecified atom stereocenters. The molecule has 0 spiro atoms. The highest BCUT2D eigenvalue weighted by molar-refractivity contribution is 5.87. The number of hydrogen-bond acceptors (Lipinski definition) is 8. The van der Waals surface area contributed by atoms with Gasteiger partial charge in [0.1, 0.15) is 5.75 Å². The highest BCUT2D eigenvalue weighted by Crippen LogP contribution is 2.31. The molecular formula is C21H26N6O2. The van der Waals surface area contributed by atoms with Crippen LogP contribution < -0.4 is 21.1 Å². The summed E-state index contributed by atoms with van der Waals surface area (Å²) in [6, 6.07) is 9.28. The fraction of sp³-hybridized carbons (Fsp3) is 0.381. The lowest BCUT2D eigenvalue weighted by Crippen LogP contribution is -2.39. The Balaban J connectivity index is 1.75. The van der Waals surface area contributed by atoms with Crippen LogP contribution in [0.15, 0.2) is 42.7 Å². The van der Waals surface area contributed by atoms with Crippen molar-refractivity contribution in [2.75, 3.05) is 38.3 Å². The van der Waals surface area contributed by atoms with E-state index in [1.807, 2.05) is 30.3 Å². The minimum atomic E-state index is -0.489. The van der Waals surface area contributed by atoms with Gasteiger partial charge in [0.2, 0.25) is 5.95 Å². The number of nitrogens with zero attached hydrogens (tertiary/aromatic N) is 4. The highest BCUT2D eigenvalue weighted by atomic mass is 16.5. The van der Waals surface area contributed by atoms with E-state index in [4.69, 9.17) is 30.9 Å². The molecule has 1 saturated heterocycles. The summed E-state index contributed by atoms with van der Waals surface area (Å²) in [5.74, 6) is 1.21. The summed E-state index contributed by atoms with van der Waals surface area (Å²) in [6.45, 7) is 2.75. The fourth-order valence-electron chi connectivity index (χ4n) is 3.59. The molecule has 2 aromatic heterocycles. The normalized spacial score (nSPS) is 16.6. The van der Waals surface area contributed by atoms with Crippen molar-refractivity contribution in [3.8, 4) is 5.75 Å². The lowest BCUT2D eigenvalue weighted by molar-refractivity contribution is 0.122. The zero-order valence-electron chi connectivity index (χ0n) is 16.5. The summed E-state index contributed by atoms with van der Waals surface area (Å²) in [5.41, 5.74) is 15.7. The first-order valence-electron chi connectivity index (χ1n) is 9.75. The average molecular weight is 394 g/mol. The maximum Gasteiger partial charge on any atom is 0.226 e. The second-order valence-electron chi connectivity index (χ2n) is 7.12. The van der Waals surface area contributed by atoms with Gasteiger partial charge >= 0.3 is 0 Å². The zero-order chi connectivity index (χ0) is 20.2. The van der Waals surface area contributed by atoms with E-state index < -0.39 is 6.04 Å². The molecule has 0 bridgehead atoms. The van der Waals surface area contributed by atoms with E-state index in [1.165, 1.54) is 0 Å². The first kappa shape index (κ1) is 19.5. The van der Waals surface area contributed by atoms with Crippen LogP contribution in [-0.2, 0) is 11.2 Å². The van der Waals surface area contributed by atoms with E-state index in [2.05, 4.69) is 9.88 Å². The summed E-state index contributed by atoms with van der Waals surface area (Å²) >= 11 is 0. The molecule has 0 radical (unpaired) electrons. The number of rotatable bonds is 6. The molecule has 1 aliphatic rings. The molecule has 1 aliphatic heterocycles. The molecule has 29 heavy (non-hydrogen) atoms. The molecule has 4 N–H and O–H groups in total. The number of methoxy groups -OCH3 is 1. The Morgan fingerprint density at radius 1 is 1.10 bits per heavy atom. The van der Waals surface area contributed by atoms with Crippen molar-refractivity contribution in [2.24, 2.45) is 11.5 Å². The second kappa shape index (κ2) is 8.69. The van der Waals surface area contributed by atoms with Crippen molar-refractivity contribution in [1.82, 2.24) is 15.0 Å². The van der Waals surface area contributed by atoms with Crippen molar-refractivity contribution in [2.45, 2.75) is 18.5 Å². The number of ether oxygens (including phenoxy) is 2. The summed E-state index contributed by atoms with van der Waals surface area (Å²) in [4.78, 5) is 15.9. The number of nitrogens with two attached hydrogens (primary N) is 2. The van der Waals surface area contributed by atoms with Crippen LogP contribution in [0.25, 0.3) is 10.9 Å². The number of benzene rings is 1. The Morgan fingerprint density at radius 2 is 1.86 bits per heavy atom. The number of fused-ring (bicyclic) bond motifs is 1. The van der Waals surface area contributed by atoms with E-state index in [0.29, 0.717) is 42.5 Å². The zero-order valence-corrected chi connectivity index (χ0v) is 16.5. The number of anilines is 1. The molecule has 0 amide bonds. The van der Waals surface area contributed by atoms with Crippen molar-refractivity contribution >= 4 is 16.9 Å². The third-order valence-electron chi connectivity index (χ3n) is 5.19. The summed E-state index contributed by atoms with van der Waals surface area (Å²) in [5, 5.41) is 0.760. The molecule has 1 aromatic carbocycles. The monoisotopic (exact) mass is 394 g/mol. The van der Waals surface area contributed by atoms with Gasteiger partial charge in [-0.15, -0.1) is 0 Å². The van der Waals surface area contributed by atoms with E-state index in [9.17, 15) is 0 Å². The first-order chi connectivity index (χ1) is 14.2. The van der Waals surface area contributed by atoms with Crippen LogP contribution in [0.2, 0.25) is 0 Å². The van der Waals surface area contributed by atoms with Gasteiger partial charge < -0.3 is 25.8 Å². The summed E-state index contributed by atoms with van der Waals surface area (Å²) in [6.07, 6.45) is 4.01. The predicted molar refractivity (Wildman–Crippen MR) is 112 cm³/mol. The molecule has 4 rings (SSSR count). The van der Waals surface area contributed by atoms with E-state index in [1.54, 1.807) is 19.5 Å². The summed E-state index contributed by atoms with van der Waals surface area (Å²) < 4.78 is 11.0. The molecule has 8 heteroatoms. The minimum absolute atomic E-state index is 0.314. The molecule has 8 nitrogen and oxygen atoms in total. The molecule has 3 heterocycles. The van der Waals surface area contributed by atoms with Gasteiger partial charge in [-0.05, 0) is 12.0 Å². The topological polar surface area (TPSA) is 112 Å². The molecule has 0 aliphatic carbocycles. The standard InChI is InChI=1S/C21H26N6O2/c1-28-17-13-24-12-16-18(17)20(26-21(25-16)27-7-9-29-10-8-27)19(23)15(22)11-14-5-3-2-4-6-14/h2-6,12-13,15,19H,7-11,22-23H2,1H3. The van der Waals surface area contributed by atoms with Gasteiger partial charge in [-0.2, -0.15) is 0 Å². The van der Waals surface area contributed by atoms with Crippen molar-refractivity contribution in [3.63, 3.8) is 0 Å². The SMILES string of the molecule is COc1cncc2nc(N3CCOCC3)nc(C(N)C(N)Cc3ccccc3)c12. The Hall–Kier alpha value is -2.81. The van der Waals surface area contributed by atoms with Gasteiger partial charge in [0.25, 0.3) is 0 Å². The smallest absolute Gasteiger partial charge is 0.226 e. The Labute approximate surface area is 169 Å².